The highest BCUT2D eigenvalue weighted by Crippen LogP contribution is 2.54. The molecule has 3 aromatic rings. The lowest BCUT2D eigenvalue weighted by Gasteiger charge is -2.29. The maximum atomic E-state index is 14.9. The summed E-state index contributed by atoms with van der Waals surface area (Å²) in [5.74, 6) is -2.82. The minimum atomic E-state index is -3.06. The number of nitrogens with two attached hydrogens (primary N) is 2. The van der Waals surface area contributed by atoms with E-state index in [0.717, 1.165) is 31.2 Å². The normalized spacial score (nSPS) is 23.6. The Labute approximate surface area is 282 Å². The Bertz CT molecular complexity index is 1680. The number of nitrogens with one attached hydrogen (secondary N) is 2. The first kappa shape index (κ1) is 35.1. The first-order valence-electron chi connectivity index (χ1n) is 16.0. The third-order valence-electron chi connectivity index (χ3n) is 9.54. The maximum absolute atomic E-state index is 14.9. The molecule has 10 nitrogen and oxygen atoms in total. The van der Waals surface area contributed by atoms with Crippen LogP contribution in [0.3, 0.4) is 0 Å². The number of primary amides is 1. The summed E-state index contributed by atoms with van der Waals surface area (Å²) < 4.78 is 35.0. The molecule has 2 aliphatic heterocycles. The maximum Gasteiger partial charge on any atom is 0.299 e. The van der Waals surface area contributed by atoms with E-state index in [1.54, 1.807) is 46.7 Å². The highest BCUT2D eigenvalue weighted by Gasteiger charge is 2.61. The summed E-state index contributed by atoms with van der Waals surface area (Å²) in [7, 11) is 2.11. The number of carbonyl (C=O) groups excluding carboxylic acids is 3. The molecule has 5 atom stereocenters. The first-order valence-corrected chi connectivity index (χ1v) is 16.8. The van der Waals surface area contributed by atoms with Gasteiger partial charge in [0.05, 0.1) is 25.7 Å². The number of carbonyl (C=O) groups is 3. The fourth-order valence-corrected chi connectivity index (χ4v) is 7.76. The van der Waals surface area contributed by atoms with Crippen LogP contribution >= 0.6 is 11.3 Å². The minimum Gasteiger partial charge on any atom is -0.384 e. The van der Waals surface area contributed by atoms with Crippen LogP contribution in [0.2, 0.25) is 0 Å². The fraction of sp³-hybridized carbons (Fsp3) is 0.429. The van der Waals surface area contributed by atoms with Gasteiger partial charge in [0.25, 0.3) is 5.92 Å². The quantitative estimate of drug-likeness (QED) is 0.176. The number of piperidine rings is 1. The van der Waals surface area contributed by atoms with E-state index >= 15 is 0 Å². The van der Waals surface area contributed by atoms with Crippen LogP contribution in [-0.4, -0.2) is 79.3 Å². The number of amidine groups is 1. The molecular formula is C35H42F2N6O4S. The Morgan fingerprint density at radius 3 is 2.44 bits per heavy atom. The second-order valence-electron chi connectivity index (χ2n) is 12.7. The van der Waals surface area contributed by atoms with Gasteiger partial charge in [-0.2, -0.15) is 8.78 Å². The minimum absolute atomic E-state index is 0.0142. The molecule has 0 bridgehead atoms. The summed E-state index contributed by atoms with van der Waals surface area (Å²) in [5, 5.41) is 12.4. The van der Waals surface area contributed by atoms with Crippen LogP contribution in [0.5, 0.6) is 0 Å². The number of hydrogen-bond donors (Lipinski definition) is 4. The van der Waals surface area contributed by atoms with Crippen molar-refractivity contribution in [1.82, 2.24) is 15.1 Å². The predicted octanol–water partition coefficient (Wildman–Crippen LogP) is 3.86. The van der Waals surface area contributed by atoms with Gasteiger partial charge in [0.1, 0.15) is 11.9 Å². The predicted molar refractivity (Wildman–Crippen MR) is 181 cm³/mol. The van der Waals surface area contributed by atoms with Crippen molar-refractivity contribution in [3.05, 3.63) is 81.0 Å². The number of fused-ring (bicyclic) bond motifs is 4. The molecule has 4 unspecified atom stereocenters. The Morgan fingerprint density at radius 2 is 1.81 bits per heavy atom. The first-order chi connectivity index (χ1) is 22.9. The number of nitrogens with zero attached hydrogens (tertiary/aromatic N) is 2. The summed E-state index contributed by atoms with van der Waals surface area (Å²) in [6.07, 6.45) is 0.909. The van der Waals surface area contributed by atoms with Crippen LogP contribution in [-0.2, 0) is 31.5 Å². The molecule has 7 rings (SSSR count). The van der Waals surface area contributed by atoms with E-state index in [4.69, 9.17) is 20.7 Å². The van der Waals surface area contributed by atoms with E-state index in [0.29, 0.717) is 40.5 Å². The molecule has 3 fully saturated rings. The number of hydrogen-bond acceptors (Lipinski definition) is 7. The van der Waals surface area contributed by atoms with Gasteiger partial charge < -0.3 is 31.3 Å². The Balaban J connectivity index is 0.000000391. The van der Waals surface area contributed by atoms with Crippen molar-refractivity contribution in [2.45, 2.75) is 50.7 Å². The Kier molecular flexibility index (Phi) is 10.6. The highest BCUT2D eigenvalue weighted by molar-refractivity contribution is 7.10. The summed E-state index contributed by atoms with van der Waals surface area (Å²) in [6.45, 7) is 7.99. The number of rotatable bonds is 6. The molecule has 3 heterocycles. The number of amides is 3. The summed E-state index contributed by atoms with van der Waals surface area (Å²) in [5.41, 5.74) is 11.9. The summed E-state index contributed by atoms with van der Waals surface area (Å²) in [6, 6.07) is 12.2. The van der Waals surface area contributed by atoms with Gasteiger partial charge in [-0.25, -0.2) is 0 Å². The molecule has 2 aromatic carbocycles. The molecule has 256 valence electrons. The van der Waals surface area contributed by atoms with Crippen molar-refractivity contribution in [3.8, 4) is 11.1 Å². The number of ether oxygens (including phenoxy) is 1. The monoisotopic (exact) mass is 680 g/mol. The molecule has 1 saturated carbocycles. The largest absolute Gasteiger partial charge is 0.384 e. The molecule has 48 heavy (non-hydrogen) atoms. The number of halogens is 2. The molecule has 3 amide bonds. The van der Waals surface area contributed by atoms with Crippen molar-refractivity contribution < 1.29 is 27.9 Å². The topological polar surface area (TPSA) is 155 Å². The van der Waals surface area contributed by atoms with E-state index in [1.807, 2.05) is 6.92 Å². The summed E-state index contributed by atoms with van der Waals surface area (Å²) in [4.78, 5) is 40.4. The van der Waals surface area contributed by atoms with Gasteiger partial charge in [-0.3, -0.25) is 19.8 Å². The lowest BCUT2D eigenvalue weighted by atomic mass is 10.00. The van der Waals surface area contributed by atoms with Gasteiger partial charge in [-0.15, -0.1) is 11.3 Å². The van der Waals surface area contributed by atoms with Crippen molar-refractivity contribution >= 4 is 35.4 Å². The van der Waals surface area contributed by atoms with E-state index in [9.17, 15) is 18.4 Å². The molecule has 4 aliphatic rings. The number of morpholine rings is 1. The van der Waals surface area contributed by atoms with E-state index < -0.39 is 12.0 Å². The number of thiophene rings is 1. The standard InChI is InChI=1S/C29H28F2N4O2S.C5H11NO.CH3NO/c1-14-19-12-23(28(37)34-15(2)24-11-17(13-38-24)27(32)33)35(26(14)19)25(36)10-16-7-8-22-20(9-16)18-5-3-4-6-21(18)29(22,30)31;1-6-2-4-7-5-3-6;2-1-3/h3-9,11,13-15,19,23,26H,10,12H2,1-2H3,(H3,32,33)(H,34,37);2-5H2,1H3;1H,(H2,2,3)/t14?,15-,19?,23?,26?;;/m1../s1. The van der Waals surface area contributed by atoms with Crippen LogP contribution in [0.25, 0.3) is 11.1 Å². The lowest BCUT2D eigenvalue weighted by molar-refractivity contribution is -0.139. The second-order valence-corrected chi connectivity index (χ2v) is 13.6. The number of nitrogen functional groups attached to an aromatic ring is 1. The van der Waals surface area contributed by atoms with E-state index in [1.165, 1.54) is 23.5 Å². The second kappa shape index (κ2) is 14.5. The van der Waals surface area contributed by atoms with Crippen molar-refractivity contribution in [3.63, 3.8) is 0 Å². The van der Waals surface area contributed by atoms with Crippen LogP contribution < -0.4 is 16.8 Å². The summed E-state index contributed by atoms with van der Waals surface area (Å²) >= 11 is 1.42. The molecule has 6 N–H and O–H groups in total. The highest BCUT2D eigenvalue weighted by atomic mass is 32.1. The van der Waals surface area contributed by atoms with Gasteiger partial charge in [0, 0.05) is 46.1 Å². The molecule has 2 saturated heterocycles. The zero-order chi connectivity index (χ0) is 34.7. The van der Waals surface area contributed by atoms with Gasteiger partial charge >= 0.3 is 0 Å². The van der Waals surface area contributed by atoms with Crippen LogP contribution in [0.4, 0.5) is 8.78 Å². The van der Waals surface area contributed by atoms with Crippen molar-refractivity contribution in [2.24, 2.45) is 23.3 Å². The van der Waals surface area contributed by atoms with Crippen LogP contribution in [0.1, 0.15) is 53.4 Å². The fourth-order valence-electron chi connectivity index (χ4n) is 6.85. The number of alkyl halides is 2. The average Bonchev–Trinajstić information content (AvgIpc) is 3.45. The Morgan fingerprint density at radius 1 is 1.15 bits per heavy atom. The number of benzene rings is 2. The van der Waals surface area contributed by atoms with Crippen molar-refractivity contribution in [2.75, 3.05) is 33.4 Å². The van der Waals surface area contributed by atoms with E-state index in [-0.39, 0.29) is 53.7 Å². The molecule has 13 heteroatoms. The lowest BCUT2D eigenvalue weighted by Crippen LogP contribution is -2.49. The van der Waals surface area contributed by atoms with Gasteiger partial charge in [-0.1, -0.05) is 49.4 Å². The molecular weight excluding hydrogens is 638 g/mol. The molecule has 1 aromatic heterocycles. The van der Waals surface area contributed by atoms with Gasteiger partial charge in [-0.05, 0) is 55.0 Å². The van der Waals surface area contributed by atoms with Crippen LogP contribution in [0, 0.1) is 17.2 Å². The third-order valence-corrected chi connectivity index (χ3v) is 10.7. The SMILES string of the molecule is CC1C2CC(C(=O)N[C@H](C)c3cc(C(=N)N)cs3)N(C(=O)Cc3ccc4c(c3)-c3ccccc3C4(F)F)C12.CN1CCOCC1.NC=O. The van der Waals surface area contributed by atoms with Crippen molar-refractivity contribution in [1.29, 1.82) is 5.41 Å². The molecule has 0 radical (unpaired) electrons. The zero-order valence-electron chi connectivity index (χ0n) is 27.2. The number of likely N-dealkylation sites (tertiary alicyclic amines) is 1. The Hall–Kier alpha value is -4.20. The van der Waals surface area contributed by atoms with Gasteiger partial charge in [0.2, 0.25) is 18.2 Å². The van der Waals surface area contributed by atoms with Crippen LogP contribution in [0.15, 0.2) is 53.9 Å². The third kappa shape index (κ3) is 7.13. The zero-order valence-corrected chi connectivity index (χ0v) is 28.1. The molecule has 2 aliphatic carbocycles. The van der Waals surface area contributed by atoms with Gasteiger partial charge in [0.15, 0.2) is 0 Å². The number of likely N-dealkylation sites (N-methyl/N-ethyl adjacent to an activating group) is 1. The smallest absolute Gasteiger partial charge is 0.299 e. The molecule has 0 spiro atoms. The average molecular weight is 681 g/mol. The van der Waals surface area contributed by atoms with E-state index in [2.05, 4.69) is 29.9 Å².